The van der Waals surface area contributed by atoms with E-state index in [9.17, 15) is 4.79 Å². The maximum Gasteiger partial charge on any atom is 0.264 e. The van der Waals surface area contributed by atoms with E-state index in [-0.39, 0.29) is 5.91 Å². The van der Waals surface area contributed by atoms with Gasteiger partial charge in [-0.1, -0.05) is 42.5 Å². The van der Waals surface area contributed by atoms with E-state index in [0.29, 0.717) is 28.1 Å². The Labute approximate surface area is 139 Å². The average Bonchev–Trinajstić information content (AvgIpc) is 2.90. The molecule has 0 unspecified atom stereocenters. The van der Waals surface area contributed by atoms with Crippen LogP contribution in [0.1, 0.15) is 12.5 Å². The van der Waals surface area contributed by atoms with Gasteiger partial charge in [0.05, 0.1) is 11.5 Å². The first-order chi connectivity index (χ1) is 11.3. The van der Waals surface area contributed by atoms with Crippen LogP contribution in [0.3, 0.4) is 0 Å². The Kier molecular flexibility index (Phi) is 4.78. The molecule has 0 aromatic heterocycles. The number of para-hydroxylation sites is 2. The predicted molar refractivity (Wildman–Crippen MR) is 94.9 cm³/mol. The summed E-state index contributed by atoms with van der Waals surface area (Å²) >= 11 is 1.33. The highest BCUT2D eigenvalue weighted by molar-refractivity contribution is 8.18. The maximum absolute atomic E-state index is 12.1. The number of hydrogen-bond acceptors (Lipinski definition) is 4. The molecule has 1 aliphatic heterocycles. The van der Waals surface area contributed by atoms with Gasteiger partial charge in [0.2, 0.25) is 0 Å². The molecule has 1 saturated heterocycles. The molecule has 1 heterocycles. The average molecular weight is 324 g/mol. The van der Waals surface area contributed by atoms with Crippen molar-refractivity contribution in [1.29, 1.82) is 0 Å². The maximum atomic E-state index is 12.1. The highest BCUT2D eigenvalue weighted by Crippen LogP contribution is 2.32. The number of carbonyl (C=O) groups excluding carboxylic acids is 1. The van der Waals surface area contributed by atoms with Crippen molar-refractivity contribution in [2.45, 2.75) is 6.92 Å². The van der Waals surface area contributed by atoms with E-state index >= 15 is 0 Å². The quantitative estimate of drug-likeness (QED) is 0.866. The fourth-order valence-corrected chi connectivity index (χ4v) is 2.95. The molecule has 3 rings (SSSR count). The zero-order valence-corrected chi connectivity index (χ0v) is 13.5. The largest absolute Gasteiger partial charge is 0.492 e. The SMILES string of the molecule is CCOc1ccccc1N=C1NC(=O)C(=Cc2ccccc2)S1. The summed E-state index contributed by atoms with van der Waals surface area (Å²) in [5.41, 5.74) is 1.69. The molecule has 116 valence electrons. The lowest BCUT2D eigenvalue weighted by Crippen LogP contribution is -2.19. The molecule has 1 N–H and O–H groups in total. The molecule has 0 bridgehead atoms. The summed E-state index contributed by atoms with van der Waals surface area (Å²) in [4.78, 5) is 17.2. The Hall–Kier alpha value is -2.53. The molecular weight excluding hydrogens is 308 g/mol. The van der Waals surface area contributed by atoms with E-state index in [0.717, 1.165) is 5.56 Å². The van der Waals surface area contributed by atoms with Gasteiger partial charge in [0.25, 0.3) is 5.91 Å². The molecule has 0 saturated carbocycles. The minimum atomic E-state index is -0.133. The second kappa shape index (κ2) is 7.15. The van der Waals surface area contributed by atoms with E-state index < -0.39 is 0 Å². The van der Waals surface area contributed by atoms with Gasteiger partial charge in [0, 0.05) is 0 Å². The fraction of sp³-hybridized carbons (Fsp3) is 0.111. The van der Waals surface area contributed by atoms with Crippen LogP contribution < -0.4 is 10.1 Å². The molecule has 2 aromatic rings. The smallest absolute Gasteiger partial charge is 0.264 e. The highest BCUT2D eigenvalue weighted by atomic mass is 32.2. The first-order valence-corrected chi connectivity index (χ1v) is 8.14. The standard InChI is InChI=1S/C18H16N2O2S/c1-2-22-15-11-7-6-10-14(15)19-18-20-17(21)16(23-18)12-13-8-4-3-5-9-13/h3-12H,2H2,1H3,(H,19,20,21). The van der Waals surface area contributed by atoms with Gasteiger partial charge in [-0.05, 0) is 42.5 Å². The van der Waals surface area contributed by atoms with Crippen LogP contribution in [0.2, 0.25) is 0 Å². The second-order valence-corrected chi connectivity index (χ2v) is 5.82. The minimum absolute atomic E-state index is 0.133. The van der Waals surface area contributed by atoms with E-state index in [1.165, 1.54) is 11.8 Å². The summed E-state index contributed by atoms with van der Waals surface area (Å²) in [7, 11) is 0. The number of nitrogens with one attached hydrogen (secondary N) is 1. The summed E-state index contributed by atoms with van der Waals surface area (Å²) in [5.74, 6) is 0.573. The van der Waals surface area contributed by atoms with Crippen LogP contribution in [0.5, 0.6) is 5.75 Å². The van der Waals surface area contributed by atoms with Crippen LogP contribution in [0.25, 0.3) is 6.08 Å². The number of amidine groups is 1. The van der Waals surface area contributed by atoms with Crippen molar-refractivity contribution in [2.75, 3.05) is 6.61 Å². The van der Waals surface area contributed by atoms with Gasteiger partial charge in [-0.3, -0.25) is 4.79 Å². The van der Waals surface area contributed by atoms with Gasteiger partial charge < -0.3 is 10.1 Å². The van der Waals surface area contributed by atoms with Gasteiger partial charge in [0.1, 0.15) is 11.4 Å². The highest BCUT2D eigenvalue weighted by Gasteiger charge is 2.24. The zero-order chi connectivity index (χ0) is 16.1. The van der Waals surface area contributed by atoms with Crippen molar-refractivity contribution < 1.29 is 9.53 Å². The molecule has 1 fully saturated rings. The molecule has 0 spiro atoms. The Bertz CT molecular complexity index is 770. The summed E-state index contributed by atoms with van der Waals surface area (Å²) in [6.45, 7) is 2.50. The van der Waals surface area contributed by atoms with E-state index in [4.69, 9.17) is 4.74 Å². The summed E-state index contributed by atoms with van der Waals surface area (Å²) < 4.78 is 5.55. The molecule has 2 aromatic carbocycles. The van der Waals surface area contributed by atoms with Crippen LogP contribution in [-0.2, 0) is 4.79 Å². The first kappa shape index (κ1) is 15.4. The fourth-order valence-electron chi connectivity index (χ4n) is 2.12. The third kappa shape index (κ3) is 3.81. The lowest BCUT2D eigenvalue weighted by atomic mass is 10.2. The third-order valence-electron chi connectivity index (χ3n) is 3.14. The molecule has 5 heteroatoms. The predicted octanol–water partition coefficient (Wildman–Crippen LogP) is 3.98. The number of rotatable bonds is 4. The van der Waals surface area contributed by atoms with Gasteiger partial charge >= 0.3 is 0 Å². The van der Waals surface area contributed by atoms with E-state index in [1.54, 1.807) is 0 Å². The number of thioether (sulfide) groups is 1. The number of amides is 1. The van der Waals surface area contributed by atoms with Crippen molar-refractivity contribution in [1.82, 2.24) is 5.32 Å². The molecule has 1 amide bonds. The molecule has 23 heavy (non-hydrogen) atoms. The molecule has 0 radical (unpaired) electrons. The number of nitrogens with zero attached hydrogens (tertiary/aromatic N) is 1. The Morgan fingerprint density at radius 2 is 1.87 bits per heavy atom. The molecular formula is C18H16N2O2S. The third-order valence-corrected chi connectivity index (χ3v) is 4.05. The number of ether oxygens (including phenoxy) is 1. The Morgan fingerprint density at radius 3 is 2.65 bits per heavy atom. The molecule has 0 atom stereocenters. The lowest BCUT2D eigenvalue weighted by molar-refractivity contribution is -0.115. The molecule has 4 nitrogen and oxygen atoms in total. The van der Waals surface area contributed by atoms with Crippen molar-refractivity contribution in [3.05, 3.63) is 65.1 Å². The van der Waals surface area contributed by atoms with Gasteiger partial charge in [-0.15, -0.1) is 0 Å². The lowest BCUT2D eigenvalue weighted by Gasteiger charge is -2.06. The first-order valence-electron chi connectivity index (χ1n) is 7.32. The number of hydrogen-bond donors (Lipinski definition) is 1. The molecule has 0 aliphatic carbocycles. The summed E-state index contributed by atoms with van der Waals surface area (Å²) in [5, 5.41) is 3.35. The van der Waals surface area contributed by atoms with Crippen LogP contribution >= 0.6 is 11.8 Å². The normalized spacial score (nSPS) is 17.5. The number of benzene rings is 2. The van der Waals surface area contributed by atoms with Crippen LogP contribution in [0.4, 0.5) is 5.69 Å². The Balaban J connectivity index is 1.84. The van der Waals surface area contributed by atoms with Crippen molar-refractivity contribution in [3.8, 4) is 5.75 Å². The van der Waals surface area contributed by atoms with Gasteiger partial charge in [-0.25, -0.2) is 4.99 Å². The van der Waals surface area contributed by atoms with Gasteiger partial charge in [-0.2, -0.15) is 0 Å². The van der Waals surface area contributed by atoms with Gasteiger partial charge in [0.15, 0.2) is 5.17 Å². The number of carbonyl (C=O) groups is 1. The van der Waals surface area contributed by atoms with E-state index in [2.05, 4.69) is 10.3 Å². The zero-order valence-electron chi connectivity index (χ0n) is 12.7. The van der Waals surface area contributed by atoms with Crippen LogP contribution in [-0.4, -0.2) is 17.7 Å². The number of aliphatic imine (C=N–C) groups is 1. The van der Waals surface area contributed by atoms with Crippen LogP contribution in [0.15, 0.2) is 64.5 Å². The van der Waals surface area contributed by atoms with Crippen molar-refractivity contribution in [3.63, 3.8) is 0 Å². The minimum Gasteiger partial charge on any atom is -0.492 e. The van der Waals surface area contributed by atoms with Crippen molar-refractivity contribution in [2.24, 2.45) is 4.99 Å². The second-order valence-electron chi connectivity index (χ2n) is 4.79. The summed E-state index contributed by atoms with van der Waals surface area (Å²) in [6, 6.07) is 17.3. The van der Waals surface area contributed by atoms with E-state index in [1.807, 2.05) is 67.6 Å². The molecule has 1 aliphatic rings. The van der Waals surface area contributed by atoms with Crippen molar-refractivity contribution >= 4 is 34.6 Å². The monoisotopic (exact) mass is 324 g/mol. The summed E-state index contributed by atoms with van der Waals surface area (Å²) in [6.07, 6.45) is 1.86. The Morgan fingerprint density at radius 1 is 1.13 bits per heavy atom. The topological polar surface area (TPSA) is 50.7 Å². The van der Waals surface area contributed by atoms with Crippen LogP contribution in [0, 0.1) is 0 Å².